The Morgan fingerprint density at radius 1 is 1.11 bits per heavy atom. The zero-order valence-corrected chi connectivity index (χ0v) is 20.9. The van der Waals surface area contributed by atoms with Crippen LogP contribution in [0.1, 0.15) is 41.9 Å². The highest BCUT2D eigenvalue weighted by molar-refractivity contribution is 7.20. The molecule has 7 nitrogen and oxygen atoms in total. The molecule has 1 saturated heterocycles. The Hall–Kier alpha value is -3.20. The standard InChI is InChI=1S/C27H27NO6S/c1-15-19(32-23-12-11-22(31-4)27(2,3)34-23)10-9-17-13-18(26(30)33-24(15)17)28-25(29)21-14-16-7-5-6-8-20(16)35-21/h5-10,13-14,22-23H,11-12H2,1-4H3,(H,28,29). The van der Waals surface area contributed by atoms with Crippen LogP contribution in [0.15, 0.2) is 57.7 Å². The summed E-state index contributed by atoms with van der Waals surface area (Å²) in [7, 11) is 1.69. The molecular formula is C27H27NO6S. The van der Waals surface area contributed by atoms with Crippen LogP contribution in [0.3, 0.4) is 0 Å². The third kappa shape index (κ3) is 4.57. The van der Waals surface area contributed by atoms with Crippen molar-refractivity contribution in [3.05, 3.63) is 69.4 Å². The lowest BCUT2D eigenvalue weighted by atomic mass is 9.94. The maximum Gasteiger partial charge on any atom is 0.360 e. The van der Waals surface area contributed by atoms with Gasteiger partial charge in [-0.25, -0.2) is 4.79 Å². The summed E-state index contributed by atoms with van der Waals surface area (Å²) in [5, 5.41) is 4.37. The summed E-state index contributed by atoms with van der Waals surface area (Å²) >= 11 is 1.38. The highest BCUT2D eigenvalue weighted by Gasteiger charge is 2.39. The van der Waals surface area contributed by atoms with E-state index in [2.05, 4.69) is 5.32 Å². The maximum absolute atomic E-state index is 12.8. The van der Waals surface area contributed by atoms with Crippen LogP contribution >= 0.6 is 11.3 Å². The van der Waals surface area contributed by atoms with Gasteiger partial charge in [-0.05, 0) is 62.9 Å². The molecule has 2 atom stereocenters. The molecule has 2 aromatic heterocycles. The number of nitrogens with one attached hydrogen (secondary N) is 1. The number of anilines is 1. The van der Waals surface area contributed by atoms with Gasteiger partial charge in [0.2, 0.25) is 6.29 Å². The molecule has 2 aromatic carbocycles. The smallest absolute Gasteiger partial charge is 0.360 e. The van der Waals surface area contributed by atoms with Gasteiger partial charge in [-0.3, -0.25) is 4.79 Å². The molecule has 8 heteroatoms. The number of ether oxygens (including phenoxy) is 3. The highest BCUT2D eigenvalue weighted by atomic mass is 32.1. The summed E-state index contributed by atoms with van der Waals surface area (Å²) in [6.07, 6.45) is 1.07. The Kier molecular flexibility index (Phi) is 6.13. The van der Waals surface area contributed by atoms with E-state index in [-0.39, 0.29) is 17.7 Å². The first-order valence-electron chi connectivity index (χ1n) is 11.5. The molecule has 1 amide bonds. The van der Waals surface area contributed by atoms with Gasteiger partial charge in [0.05, 0.1) is 16.6 Å². The van der Waals surface area contributed by atoms with E-state index in [9.17, 15) is 9.59 Å². The minimum atomic E-state index is -0.620. The summed E-state index contributed by atoms with van der Waals surface area (Å²) in [6, 6.07) is 14.8. The lowest BCUT2D eigenvalue weighted by Crippen LogP contribution is -2.49. The first-order valence-corrected chi connectivity index (χ1v) is 12.3. The molecule has 35 heavy (non-hydrogen) atoms. The number of carbonyl (C=O) groups is 1. The number of hydrogen-bond acceptors (Lipinski definition) is 7. The Labute approximate surface area is 206 Å². The number of rotatable bonds is 5. The number of carbonyl (C=O) groups excluding carboxylic acids is 1. The van der Waals surface area contributed by atoms with Gasteiger partial charge in [-0.15, -0.1) is 11.3 Å². The molecule has 0 saturated carbocycles. The Bertz CT molecular complexity index is 1440. The second-order valence-corrected chi connectivity index (χ2v) is 10.3. The average molecular weight is 494 g/mol. The molecule has 1 fully saturated rings. The third-order valence-corrected chi connectivity index (χ3v) is 7.53. The second kappa shape index (κ2) is 9.11. The number of hydrogen-bond donors (Lipinski definition) is 1. The molecule has 1 aliphatic rings. The number of amides is 1. The SMILES string of the molecule is COC1CCC(Oc2ccc3cc(NC(=O)c4cc5ccccc5s4)c(=O)oc3c2C)OC1(C)C. The molecule has 2 unspecified atom stereocenters. The molecule has 3 heterocycles. The molecule has 0 aliphatic carbocycles. The van der Waals surface area contributed by atoms with Gasteiger partial charge in [0.25, 0.3) is 5.91 Å². The van der Waals surface area contributed by atoms with Crippen molar-refractivity contribution in [2.75, 3.05) is 12.4 Å². The Balaban J connectivity index is 1.37. The van der Waals surface area contributed by atoms with Crippen LogP contribution in [-0.4, -0.2) is 31.0 Å². The van der Waals surface area contributed by atoms with E-state index in [4.69, 9.17) is 18.6 Å². The van der Waals surface area contributed by atoms with E-state index in [0.717, 1.165) is 16.5 Å². The van der Waals surface area contributed by atoms with Crippen LogP contribution in [0, 0.1) is 6.92 Å². The van der Waals surface area contributed by atoms with E-state index in [1.807, 2.05) is 63.2 Å². The van der Waals surface area contributed by atoms with E-state index in [1.54, 1.807) is 13.2 Å². The van der Waals surface area contributed by atoms with Crippen LogP contribution in [0.2, 0.25) is 0 Å². The molecule has 182 valence electrons. The number of benzene rings is 2. The van der Waals surface area contributed by atoms with Gasteiger partial charge in [0.15, 0.2) is 0 Å². The van der Waals surface area contributed by atoms with E-state index in [0.29, 0.717) is 33.6 Å². The monoisotopic (exact) mass is 493 g/mol. The summed E-state index contributed by atoms with van der Waals surface area (Å²) in [4.78, 5) is 26.0. The molecule has 0 spiro atoms. The van der Waals surface area contributed by atoms with Crippen molar-refractivity contribution in [2.24, 2.45) is 0 Å². The molecule has 1 aliphatic heterocycles. The van der Waals surface area contributed by atoms with Gasteiger partial charge in [0, 0.05) is 29.2 Å². The lowest BCUT2D eigenvalue weighted by molar-refractivity contribution is -0.233. The second-order valence-electron chi connectivity index (χ2n) is 9.23. The van der Waals surface area contributed by atoms with Crippen molar-refractivity contribution in [3.63, 3.8) is 0 Å². The van der Waals surface area contributed by atoms with Gasteiger partial charge in [-0.1, -0.05) is 18.2 Å². The Morgan fingerprint density at radius 3 is 2.66 bits per heavy atom. The normalized spacial score (nSPS) is 19.7. The number of aryl methyl sites for hydroxylation is 1. The van der Waals surface area contributed by atoms with Crippen molar-refractivity contribution in [1.29, 1.82) is 0 Å². The van der Waals surface area contributed by atoms with E-state index < -0.39 is 17.5 Å². The van der Waals surface area contributed by atoms with Gasteiger partial charge in [-0.2, -0.15) is 0 Å². The largest absolute Gasteiger partial charge is 0.465 e. The first kappa shape index (κ1) is 23.5. The third-order valence-electron chi connectivity index (χ3n) is 6.42. The predicted molar refractivity (Wildman–Crippen MR) is 137 cm³/mol. The van der Waals surface area contributed by atoms with Crippen molar-refractivity contribution in [1.82, 2.24) is 0 Å². The van der Waals surface area contributed by atoms with Crippen LogP contribution in [0.5, 0.6) is 5.75 Å². The fourth-order valence-electron chi connectivity index (χ4n) is 4.53. The zero-order valence-electron chi connectivity index (χ0n) is 20.0. The lowest BCUT2D eigenvalue weighted by Gasteiger charge is -2.41. The molecule has 0 bridgehead atoms. The van der Waals surface area contributed by atoms with Crippen LogP contribution in [0.25, 0.3) is 21.1 Å². The minimum absolute atomic E-state index is 0.000680. The van der Waals surface area contributed by atoms with Gasteiger partial charge >= 0.3 is 5.63 Å². The fourth-order valence-corrected chi connectivity index (χ4v) is 5.49. The van der Waals surface area contributed by atoms with Crippen molar-refractivity contribution in [2.45, 2.75) is 51.6 Å². The minimum Gasteiger partial charge on any atom is -0.465 e. The van der Waals surface area contributed by atoms with Crippen molar-refractivity contribution in [3.8, 4) is 5.75 Å². The number of fused-ring (bicyclic) bond motifs is 2. The van der Waals surface area contributed by atoms with Crippen molar-refractivity contribution >= 4 is 44.0 Å². The summed E-state index contributed by atoms with van der Waals surface area (Å²) in [6.45, 7) is 5.80. The fraction of sp³-hybridized carbons (Fsp3) is 0.333. The predicted octanol–water partition coefficient (Wildman–Crippen LogP) is 5.88. The maximum atomic E-state index is 12.8. The quantitative estimate of drug-likeness (QED) is 0.350. The number of thiophene rings is 1. The first-order chi connectivity index (χ1) is 16.7. The molecule has 1 N–H and O–H groups in total. The van der Waals surface area contributed by atoms with E-state index in [1.165, 1.54) is 11.3 Å². The summed E-state index contributed by atoms with van der Waals surface area (Å²) in [5.74, 6) is 0.236. The average Bonchev–Trinajstić information content (AvgIpc) is 3.26. The number of methoxy groups -OCH3 is 1. The topological polar surface area (TPSA) is 87.0 Å². The van der Waals surface area contributed by atoms with Crippen LogP contribution in [-0.2, 0) is 9.47 Å². The summed E-state index contributed by atoms with van der Waals surface area (Å²) in [5.41, 5.74) is 0.104. The van der Waals surface area contributed by atoms with Crippen molar-refractivity contribution < 1.29 is 23.4 Å². The van der Waals surface area contributed by atoms with Gasteiger partial charge < -0.3 is 23.9 Å². The molecule has 0 radical (unpaired) electrons. The molecular weight excluding hydrogens is 466 g/mol. The summed E-state index contributed by atoms with van der Waals surface area (Å²) < 4.78 is 24.4. The zero-order chi connectivity index (χ0) is 24.7. The molecule has 4 aromatic rings. The van der Waals surface area contributed by atoms with Crippen LogP contribution in [0.4, 0.5) is 5.69 Å². The van der Waals surface area contributed by atoms with Crippen LogP contribution < -0.4 is 15.7 Å². The highest BCUT2D eigenvalue weighted by Crippen LogP contribution is 2.34. The molecule has 5 rings (SSSR count). The Morgan fingerprint density at radius 2 is 1.91 bits per heavy atom. The van der Waals surface area contributed by atoms with E-state index >= 15 is 0 Å². The van der Waals surface area contributed by atoms with Gasteiger partial charge in [0.1, 0.15) is 17.0 Å².